The van der Waals surface area contributed by atoms with Crippen LogP contribution in [0, 0.1) is 5.92 Å². The minimum Gasteiger partial charge on any atom is -0.493 e. The fourth-order valence-corrected chi connectivity index (χ4v) is 3.44. The fourth-order valence-electron chi connectivity index (χ4n) is 3.12. The summed E-state index contributed by atoms with van der Waals surface area (Å²) in [6.45, 7) is -0.683. The lowest BCUT2D eigenvalue weighted by Gasteiger charge is -2.26. The second-order valence-corrected chi connectivity index (χ2v) is 6.61. The predicted octanol–water partition coefficient (Wildman–Crippen LogP) is 3.82. The smallest absolute Gasteiger partial charge is 0.420 e. The Kier molecular flexibility index (Phi) is 6.55. The zero-order valence-corrected chi connectivity index (χ0v) is 16.3. The molecule has 0 saturated carbocycles. The molecular formula is C17H17F6NO4S. The Morgan fingerprint density at radius 2 is 1.72 bits per heavy atom. The van der Waals surface area contributed by atoms with E-state index in [-0.39, 0.29) is 16.3 Å². The summed E-state index contributed by atoms with van der Waals surface area (Å²) in [5.74, 6) is -3.74. The van der Waals surface area contributed by atoms with E-state index in [2.05, 4.69) is 4.74 Å². The topological polar surface area (TPSA) is 48.0 Å². The second-order valence-electron chi connectivity index (χ2n) is 6.23. The van der Waals surface area contributed by atoms with Crippen molar-refractivity contribution in [2.75, 3.05) is 27.9 Å². The van der Waals surface area contributed by atoms with E-state index in [1.807, 2.05) is 0 Å². The van der Waals surface area contributed by atoms with Crippen molar-refractivity contribution in [1.29, 1.82) is 0 Å². The SMILES string of the molecule is COC(=O)C1CC(C(F)(F)F)CN1C(=S)c1cc(OC)c(OC)c(C(F)(F)F)c1. The molecule has 0 amide bonds. The summed E-state index contributed by atoms with van der Waals surface area (Å²) in [5.41, 5.74) is -1.44. The number of halogens is 6. The van der Waals surface area contributed by atoms with E-state index in [0.29, 0.717) is 6.07 Å². The van der Waals surface area contributed by atoms with Crippen LogP contribution in [0.1, 0.15) is 17.5 Å². The van der Waals surface area contributed by atoms with Crippen LogP contribution in [0.2, 0.25) is 0 Å². The second kappa shape index (κ2) is 8.25. The number of hydrogen-bond acceptors (Lipinski definition) is 5. The van der Waals surface area contributed by atoms with Gasteiger partial charge in [0.15, 0.2) is 11.5 Å². The molecule has 1 heterocycles. The van der Waals surface area contributed by atoms with Crippen LogP contribution >= 0.6 is 12.2 Å². The van der Waals surface area contributed by atoms with Crippen LogP contribution in [0.5, 0.6) is 11.5 Å². The van der Waals surface area contributed by atoms with Gasteiger partial charge in [-0.1, -0.05) is 12.2 Å². The molecule has 0 spiro atoms. The Labute approximate surface area is 167 Å². The Hall–Kier alpha value is -2.24. The quantitative estimate of drug-likeness (QED) is 0.399. The maximum absolute atomic E-state index is 13.4. The number of esters is 1. The molecule has 0 N–H and O–H groups in total. The van der Waals surface area contributed by atoms with Crippen LogP contribution in [-0.4, -0.2) is 56.0 Å². The molecule has 1 aromatic carbocycles. The normalized spacial score (nSPS) is 19.8. The van der Waals surface area contributed by atoms with E-state index in [1.54, 1.807) is 0 Å². The lowest BCUT2D eigenvalue weighted by Crippen LogP contribution is -2.41. The number of thiocarbonyl (C=S) groups is 1. The highest BCUT2D eigenvalue weighted by Gasteiger charge is 2.51. The third kappa shape index (κ3) is 4.68. The monoisotopic (exact) mass is 445 g/mol. The minimum absolute atomic E-state index is 0.235. The number of ether oxygens (including phenoxy) is 3. The summed E-state index contributed by atoms with van der Waals surface area (Å²) in [6.07, 6.45) is -10.1. The molecule has 1 fully saturated rings. The molecule has 12 heteroatoms. The summed E-state index contributed by atoms with van der Waals surface area (Å²) in [5, 5.41) is 0. The van der Waals surface area contributed by atoms with Gasteiger partial charge in [-0.2, -0.15) is 26.3 Å². The molecule has 0 aliphatic carbocycles. The number of alkyl halides is 6. The third-order valence-corrected chi connectivity index (χ3v) is 5.00. The van der Waals surface area contributed by atoms with Crippen molar-refractivity contribution < 1.29 is 45.3 Å². The van der Waals surface area contributed by atoms with Crippen molar-refractivity contribution in [2.45, 2.75) is 24.8 Å². The largest absolute Gasteiger partial charge is 0.493 e. The number of hydrogen-bond donors (Lipinski definition) is 0. The van der Waals surface area contributed by atoms with Crippen molar-refractivity contribution >= 4 is 23.2 Å². The van der Waals surface area contributed by atoms with Gasteiger partial charge in [-0.3, -0.25) is 0 Å². The predicted molar refractivity (Wildman–Crippen MR) is 92.9 cm³/mol. The van der Waals surface area contributed by atoms with Crippen LogP contribution in [0.4, 0.5) is 26.3 Å². The molecule has 1 aliphatic heterocycles. The first-order valence-corrected chi connectivity index (χ1v) is 8.54. The molecule has 162 valence electrons. The van der Waals surface area contributed by atoms with Gasteiger partial charge < -0.3 is 19.1 Å². The first-order chi connectivity index (χ1) is 13.3. The summed E-state index contributed by atoms with van der Waals surface area (Å²) in [6, 6.07) is 0.395. The third-order valence-electron chi connectivity index (χ3n) is 4.53. The van der Waals surface area contributed by atoms with Gasteiger partial charge in [0.2, 0.25) is 0 Å². The van der Waals surface area contributed by atoms with Crippen molar-refractivity contribution in [3.05, 3.63) is 23.3 Å². The van der Waals surface area contributed by atoms with E-state index >= 15 is 0 Å². The van der Waals surface area contributed by atoms with Gasteiger partial charge in [0.05, 0.1) is 27.2 Å². The van der Waals surface area contributed by atoms with Gasteiger partial charge in [0, 0.05) is 12.1 Å². The number of carbonyl (C=O) groups excluding carboxylic acids is 1. The Morgan fingerprint density at radius 1 is 1.10 bits per heavy atom. The zero-order chi connectivity index (χ0) is 22.1. The minimum atomic E-state index is -4.84. The van der Waals surface area contributed by atoms with Crippen LogP contribution in [0.25, 0.3) is 0 Å². The number of carbonyl (C=O) groups is 1. The highest BCUT2D eigenvalue weighted by molar-refractivity contribution is 7.80. The molecule has 2 atom stereocenters. The standard InChI is InChI=1S/C17H17F6NO4S/c1-26-12-5-8(4-10(13(12)27-2)17(21,22)23)14(29)24-7-9(16(18,19)20)6-11(24)15(25)28-3/h4-5,9,11H,6-7H2,1-3H3. The number of likely N-dealkylation sites (tertiary alicyclic amines) is 1. The average Bonchev–Trinajstić information content (AvgIpc) is 3.10. The summed E-state index contributed by atoms with van der Waals surface area (Å²) in [4.78, 5) is 12.5. The lowest BCUT2D eigenvalue weighted by molar-refractivity contribution is -0.170. The molecule has 5 nitrogen and oxygen atoms in total. The van der Waals surface area contributed by atoms with E-state index < -0.39 is 54.6 Å². The van der Waals surface area contributed by atoms with E-state index in [9.17, 15) is 31.1 Å². The summed E-state index contributed by atoms with van der Waals surface area (Å²) >= 11 is 5.16. The van der Waals surface area contributed by atoms with Gasteiger partial charge >= 0.3 is 18.3 Å². The molecule has 0 radical (unpaired) electrons. The van der Waals surface area contributed by atoms with Gasteiger partial charge in [-0.05, 0) is 18.6 Å². The first-order valence-electron chi connectivity index (χ1n) is 8.13. The van der Waals surface area contributed by atoms with E-state index in [4.69, 9.17) is 21.7 Å². The molecule has 1 saturated heterocycles. The van der Waals surface area contributed by atoms with Crippen molar-refractivity contribution in [3.63, 3.8) is 0 Å². The highest BCUT2D eigenvalue weighted by atomic mass is 32.1. The Balaban J connectivity index is 2.53. The first kappa shape index (κ1) is 23.0. The van der Waals surface area contributed by atoms with Gasteiger partial charge in [-0.15, -0.1) is 0 Å². The van der Waals surface area contributed by atoms with E-state index in [1.165, 1.54) is 0 Å². The molecule has 2 unspecified atom stereocenters. The number of rotatable bonds is 4. The average molecular weight is 445 g/mol. The number of nitrogens with zero attached hydrogens (tertiary/aromatic N) is 1. The van der Waals surface area contributed by atoms with Crippen LogP contribution < -0.4 is 9.47 Å². The van der Waals surface area contributed by atoms with Gasteiger partial charge in [0.25, 0.3) is 0 Å². The molecule has 0 bridgehead atoms. The number of methoxy groups -OCH3 is 3. The summed E-state index contributed by atoms with van der Waals surface area (Å²) in [7, 11) is 3.13. The zero-order valence-electron chi connectivity index (χ0n) is 15.5. The maximum Gasteiger partial charge on any atom is 0.420 e. The van der Waals surface area contributed by atoms with Gasteiger partial charge in [-0.25, -0.2) is 4.79 Å². The Morgan fingerprint density at radius 3 is 2.17 bits per heavy atom. The van der Waals surface area contributed by atoms with Crippen molar-refractivity contribution in [2.24, 2.45) is 5.92 Å². The molecule has 1 aliphatic rings. The molecule has 2 rings (SSSR count). The molecule has 1 aromatic rings. The maximum atomic E-state index is 13.4. The van der Waals surface area contributed by atoms with Crippen molar-refractivity contribution in [3.8, 4) is 11.5 Å². The van der Waals surface area contributed by atoms with Crippen LogP contribution in [0.15, 0.2) is 12.1 Å². The molecule has 29 heavy (non-hydrogen) atoms. The molecule has 0 aromatic heterocycles. The number of benzene rings is 1. The van der Waals surface area contributed by atoms with Crippen LogP contribution in [0.3, 0.4) is 0 Å². The lowest BCUT2D eigenvalue weighted by atomic mass is 10.1. The van der Waals surface area contributed by atoms with Crippen LogP contribution in [-0.2, 0) is 15.7 Å². The van der Waals surface area contributed by atoms with E-state index in [0.717, 1.165) is 32.3 Å². The highest BCUT2D eigenvalue weighted by Crippen LogP contribution is 2.43. The summed E-state index contributed by atoms with van der Waals surface area (Å²) < 4.78 is 94.0. The Bertz CT molecular complexity index is 795. The van der Waals surface area contributed by atoms with Gasteiger partial charge in [0.1, 0.15) is 16.6 Å². The van der Waals surface area contributed by atoms with Crippen molar-refractivity contribution in [1.82, 2.24) is 4.90 Å². The fraction of sp³-hybridized carbons (Fsp3) is 0.529. The molecular weight excluding hydrogens is 428 g/mol.